The van der Waals surface area contributed by atoms with Gasteiger partial charge in [0.05, 0.1) is 0 Å². The molecule has 106 valence electrons. The normalized spacial score (nSPS) is 12.3. The lowest BCUT2D eigenvalue weighted by Gasteiger charge is -2.14. The molecule has 0 amide bonds. The van der Waals surface area contributed by atoms with Crippen LogP contribution < -0.4 is 5.73 Å². The van der Waals surface area contributed by atoms with E-state index in [1.54, 1.807) is 0 Å². The van der Waals surface area contributed by atoms with Crippen LogP contribution in [0, 0.1) is 6.92 Å². The molecular formula is C18H23NS. The van der Waals surface area contributed by atoms with Gasteiger partial charge in [-0.25, -0.2) is 0 Å². The van der Waals surface area contributed by atoms with Gasteiger partial charge >= 0.3 is 0 Å². The van der Waals surface area contributed by atoms with Crippen LogP contribution in [0.25, 0.3) is 0 Å². The molecule has 0 saturated carbocycles. The molecule has 0 radical (unpaired) electrons. The Balaban J connectivity index is 2.10. The first kappa shape index (κ1) is 15.1. The van der Waals surface area contributed by atoms with Crippen LogP contribution in [0.1, 0.15) is 30.0 Å². The summed E-state index contributed by atoms with van der Waals surface area (Å²) >= 11 is 1.91. The van der Waals surface area contributed by atoms with Crippen LogP contribution in [0.2, 0.25) is 0 Å². The van der Waals surface area contributed by atoms with Crippen LogP contribution in [0.5, 0.6) is 0 Å². The van der Waals surface area contributed by atoms with Crippen LogP contribution in [0.15, 0.2) is 53.4 Å². The van der Waals surface area contributed by atoms with E-state index >= 15 is 0 Å². The molecule has 1 atom stereocenters. The number of nitrogens with two attached hydrogens (primary N) is 1. The summed E-state index contributed by atoms with van der Waals surface area (Å²) in [5.41, 5.74) is 10.2. The number of thioether (sulfide) groups is 1. The van der Waals surface area contributed by atoms with Crippen molar-refractivity contribution in [2.24, 2.45) is 5.73 Å². The van der Waals surface area contributed by atoms with E-state index in [0.717, 1.165) is 18.6 Å². The highest BCUT2D eigenvalue weighted by Gasteiger charge is 2.08. The molecule has 0 heterocycles. The molecule has 0 aliphatic carbocycles. The Morgan fingerprint density at radius 3 is 2.55 bits per heavy atom. The van der Waals surface area contributed by atoms with Gasteiger partial charge in [0.2, 0.25) is 0 Å². The standard InChI is InChI=1S/C18H23NS/c1-3-17(19)12-16-11-14(2)9-10-18(16)20-13-15-7-5-4-6-8-15/h4-11,17H,3,12-13,19H2,1-2H3. The van der Waals surface area contributed by atoms with Gasteiger partial charge in [0.25, 0.3) is 0 Å². The highest BCUT2D eigenvalue weighted by Crippen LogP contribution is 2.28. The van der Waals surface area contributed by atoms with E-state index in [4.69, 9.17) is 5.73 Å². The summed E-state index contributed by atoms with van der Waals surface area (Å²) in [5.74, 6) is 1.01. The topological polar surface area (TPSA) is 26.0 Å². The summed E-state index contributed by atoms with van der Waals surface area (Å²) in [6.07, 6.45) is 1.99. The van der Waals surface area contributed by atoms with Gasteiger partial charge in [-0.05, 0) is 37.0 Å². The van der Waals surface area contributed by atoms with Crippen LogP contribution in [-0.2, 0) is 12.2 Å². The summed E-state index contributed by atoms with van der Waals surface area (Å²) < 4.78 is 0. The number of hydrogen-bond acceptors (Lipinski definition) is 2. The summed E-state index contributed by atoms with van der Waals surface area (Å²) in [4.78, 5) is 1.36. The third kappa shape index (κ3) is 4.39. The Hall–Kier alpha value is -1.25. The lowest BCUT2D eigenvalue weighted by atomic mass is 10.0. The van der Waals surface area contributed by atoms with E-state index in [1.165, 1.54) is 21.6 Å². The smallest absolute Gasteiger partial charge is 0.0232 e. The molecule has 0 aliphatic heterocycles. The van der Waals surface area contributed by atoms with Crippen LogP contribution in [0.3, 0.4) is 0 Å². The van der Waals surface area contributed by atoms with Crippen LogP contribution in [0.4, 0.5) is 0 Å². The summed E-state index contributed by atoms with van der Waals surface area (Å²) in [7, 11) is 0. The van der Waals surface area contributed by atoms with Crippen molar-refractivity contribution in [2.75, 3.05) is 0 Å². The van der Waals surface area contributed by atoms with Crippen molar-refractivity contribution in [3.8, 4) is 0 Å². The fourth-order valence-corrected chi connectivity index (χ4v) is 3.18. The predicted octanol–water partition coefficient (Wildman–Crippen LogP) is 4.57. The summed E-state index contributed by atoms with van der Waals surface area (Å²) in [6.45, 7) is 4.30. The molecule has 0 aliphatic rings. The van der Waals surface area contributed by atoms with E-state index in [1.807, 2.05) is 11.8 Å². The molecule has 2 rings (SSSR count). The van der Waals surface area contributed by atoms with Crippen molar-refractivity contribution in [2.45, 2.75) is 43.4 Å². The monoisotopic (exact) mass is 285 g/mol. The molecular weight excluding hydrogens is 262 g/mol. The average molecular weight is 285 g/mol. The first-order valence-electron chi connectivity index (χ1n) is 7.21. The fraction of sp³-hybridized carbons (Fsp3) is 0.333. The van der Waals surface area contributed by atoms with Crippen molar-refractivity contribution < 1.29 is 0 Å². The molecule has 0 saturated heterocycles. The molecule has 0 bridgehead atoms. The van der Waals surface area contributed by atoms with E-state index in [-0.39, 0.29) is 6.04 Å². The molecule has 2 aromatic rings. The molecule has 1 unspecified atom stereocenters. The SMILES string of the molecule is CCC(N)Cc1cc(C)ccc1SCc1ccccc1. The zero-order valence-electron chi connectivity index (χ0n) is 12.3. The Labute approximate surface area is 126 Å². The molecule has 20 heavy (non-hydrogen) atoms. The number of hydrogen-bond donors (Lipinski definition) is 1. The van der Waals surface area contributed by atoms with Crippen molar-refractivity contribution in [3.63, 3.8) is 0 Å². The highest BCUT2D eigenvalue weighted by molar-refractivity contribution is 7.98. The minimum atomic E-state index is 0.257. The van der Waals surface area contributed by atoms with Gasteiger partial charge in [0, 0.05) is 16.7 Å². The van der Waals surface area contributed by atoms with Gasteiger partial charge in [0.15, 0.2) is 0 Å². The van der Waals surface area contributed by atoms with E-state index in [9.17, 15) is 0 Å². The third-order valence-electron chi connectivity index (χ3n) is 3.46. The maximum absolute atomic E-state index is 6.12. The largest absolute Gasteiger partial charge is 0.327 e. The predicted molar refractivity (Wildman–Crippen MR) is 89.2 cm³/mol. The molecule has 2 N–H and O–H groups in total. The van der Waals surface area contributed by atoms with E-state index in [2.05, 4.69) is 62.4 Å². The van der Waals surface area contributed by atoms with Crippen molar-refractivity contribution in [1.82, 2.24) is 0 Å². The van der Waals surface area contributed by atoms with Crippen LogP contribution >= 0.6 is 11.8 Å². The maximum Gasteiger partial charge on any atom is 0.0232 e. The summed E-state index contributed by atoms with van der Waals surface area (Å²) in [6, 6.07) is 17.6. The number of aryl methyl sites for hydroxylation is 1. The van der Waals surface area contributed by atoms with Crippen LogP contribution in [-0.4, -0.2) is 6.04 Å². The van der Waals surface area contributed by atoms with Crippen molar-refractivity contribution in [1.29, 1.82) is 0 Å². The van der Waals surface area contributed by atoms with E-state index < -0.39 is 0 Å². The first-order chi connectivity index (χ1) is 9.69. The first-order valence-corrected chi connectivity index (χ1v) is 8.19. The zero-order valence-corrected chi connectivity index (χ0v) is 13.1. The van der Waals surface area contributed by atoms with Gasteiger partial charge in [-0.15, -0.1) is 11.8 Å². The lowest BCUT2D eigenvalue weighted by molar-refractivity contribution is 0.641. The second kappa shape index (κ2) is 7.51. The van der Waals surface area contributed by atoms with Gasteiger partial charge in [-0.2, -0.15) is 0 Å². The van der Waals surface area contributed by atoms with Gasteiger partial charge in [0.1, 0.15) is 0 Å². The molecule has 0 spiro atoms. The Morgan fingerprint density at radius 2 is 1.85 bits per heavy atom. The van der Waals surface area contributed by atoms with Crippen molar-refractivity contribution >= 4 is 11.8 Å². The highest BCUT2D eigenvalue weighted by atomic mass is 32.2. The molecule has 2 aromatic carbocycles. The number of rotatable bonds is 6. The zero-order chi connectivity index (χ0) is 14.4. The average Bonchev–Trinajstić information content (AvgIpc) is 2.47. The van der Waals surface area contributed by atoms with Crippen molar-refractivity contribution in [3.05, 3.63) is 65.2 Å². The maximum atomic E-state index is 6.12. The lowest BCUT2D eigenvalue weighted by Crippen LogP contribution is -2.21. The van der Waals surface area contributed by atoms with E-state index in [0.29, 0.717) is 0 Å². The molecule has 0 aromatic heterocycles. The molecule has 1 nitrogen and oxygen atoms in total. The fourth-order valence-electron chi connectivity index (χ4n) is 2.17. The van der Waals surface area contributed by atoms with Gasteiger partial charge < -0.3 is 5.73 Å². The Kier molecular flexibility index (Phi) is 5.69. The minimum Gasteiger partial charge on any atom is -0.327 e. The minimum absolute atomic E-state index is 0.257. The molecule has 2 heteroatoms. The number of benzene rings is 2. The second-order valence-corrected chi connectivity index (χ2v) is 6.28. The Bertz CT molecular complexity index is 536. The van der Waals surface area contributed by atoms with Gasteiger partial charge in [-0.1, -0.05) is 55.0 Å². The molecule has 0 fully saturated rings. The second-order valence-electron chi connectivity index (χ2n) is 5.26. The third-order valence-corrected chi connectivity index (χ3v) is 4.65. The quantitative estimate of drug-likeness (QED) is 0.787. The summed E-state index contributed by atoms with van der Waals surface area (Å²) in [5, 5.41) is 0. The van der Waals surface area contributed by atoms with Gasteiger partial charge in [-0.3, -0.25) is 0 Å². The Morgan fingerprint density at radius 1 is 1.10 bits per heavy atom.